The Bertz CT molecular complexity index is 777. The lowest BCUT2D eigenvalue weighted by molar-refractivity contribution is -0.144. The fraction of sp³-hybridized carbons (Fsp3) is 0.714. The van der Waals surface area contributed by atoms with Crippen molar-refractivity contribution in [3.05, 3.63) is 0 Å². The van der Waals surface area contributed by atoms with E-state index in [1.54, 1.807) is 13.8 Å². The minimum Gasteiger partial charge on any atom is -0.480 e. The lowest BCUT2D eigenvalue weighted by Gasteiger charge is -2.26. The Kier molecular flexibility index (Phi) is 14.6. The van der Waals surface area contributed by atoms with Crippen molar-refractivity contribution in [2.75, 3.05) is 18.6 Å². The van der Waals surface area contributed by atoms with Crippen LogP contribution in [0.1, 0.15) is 41.0 Å². The summed E-state index contributed by atoms with van der Waals surface area (Å²) in [5, 5.41) is 30.5. The molecule has 0 bridgehead atoms. The van der Waals surface area contributed by atoms with Crippen LogP contribution in [0.15, 0.2) is 0 Å². The van der Waals surface area contributed by atoms with Crippen LogP contribution < -0.4 is 26.6 Å². The molecular formula is C21H37N5O8S. The van der Waals surface area contributed by atoms with Crippen LogP contribution in [0.4, 0.5) is 0 Å². The molecule has 0 aliphatic heterocycles. The molecular weight excluding hydrogens is 482 g/mol. The van der Waals surface area contributed by atoms with Gasteiger partial charge in [-0.2, -0.15) is 11.8 Å². The van der Waals surface area contributed by atoms with E-state index in [0.29, 0.717) is 5.75 Å². The number of carbonyl (C=O) groups excluding carboxylic acids is 5. The number of nitrogens with one attached hydrogen (secondary N) is 5. The van der Waals surface area contributed by atoms with Gasteiger partial charge in [0.15, 0.2) is 6.04 Å². The zero-order valence-electron chi connectivity index (χ0n) is 20.8. The molecule has 5 amide bonds. The van der Waals surface area contributed by atoms with Gasteiger partial charge in [-0.25, -0.2) is 4.79 Å². The van der Waals surface area contributed by atoms with E-state index < -0.39 is 72.3 Å². The molecule has 0 saturated carbocycles. The third kappa shape index (κ3) is 12.4. The number of aliphatic hydroxyl groups excluding tert-OH is 1. The number of amides is 5. The molecule has 14 heteroatoms. The van der Waals surface area contributed by atoms with E-state index in [4.69, 9.17) is 5.11 Å². The van der Waals surface area contributed by atoms with E-state index in [0.717, 1.165) is 0 Å². The second-order valence-electron chi connectivity index (χ2n) is 8.34. The van der Waals surface area contributed by atoms with Crippen LogP contribution in [0, 0.1) is 5.92 Å². The average molecular weight is 520 g/mol. The van der Waals surface area contributed by atoms with E-state index in [2.05, 4.69) is 26.6 Å². The summed E-state index contributed by atoms with van der Waals surface area (Å²) in [5.41, 5.74) is 0. The Morgan fingerprint density at radius 1 is 0.829 bits per heavy atom. The molecule has 35 heavy (non-hydrogen) atoms. The van der Waals surface area contributed by atoms with Crippen molar-refractivity contribution in [3.8, 4) is 0 Å². The maximum Gasteiger partial charge on any atom is 0.328 e. The van der Waals surface area contributed by atoms with Gasteiger partial charge in [-0.3, -0.25) is 24.0 Å². The van der Waals surface area contributed by atoms with Gasteiger partial charge < -0.3 is 36.8 Å². The molecule has 0 aliphatic rings. The summed E-state index contributed by atoms with van der Waals surface area (Å²) in [6.45, 7) is 6.71. The fourth-order valence-electron chi connectivity index (χ4n) is 2.85. The van der Waals surface area contributed by atoms with Crippen molar-refractivity contribution < 1.29 is 39.0 Å². The molecule has 0 rings (SSSR count). The molecule has 0 saturated heterocycles. The lowest BCUT2D eigenvalue weighted by Crippen LogP contribution is -2.58. The number of carboxylic acid groups (broad SMARTS) is 1. The molecule has 5 atom stereocenters. The van der Waals surface area contributed by atoms with Crippen molar-refractivity contribution in [3.63, 3.8) is 0 Å². The SMILES string of the molecule is CSCC[C@H](NC(=O)[C@H](C)NC(C)=O)C(=O)N[C@H](C(=O)NCC(=O)N[C@H](C(=O)O)[C@H](C)O)C(C)C. The van der Waals surface area contributed by atoms with E-state index >= 15 is 0 Å². The number of aliphatic carboxylic acids is 1. The largest absolute Gasteiger partial charge is 0.480 e. The number of carboxylic acids is 1. The van der Waals surface area contributed by atoms with Crippen molar-refractivity contribution >= 4 is 47.3 Å². The van der Waals surface area contributed by atoms with Gasteiger partial charge in [-0.15, -0.1) is 0 Å². The highest BCUT2D eigenvalue weighted by atomic mass is 32.2. The Hall–Kier alpha value is -2.87. The van der Waals surface area contributed by atoms with Crippen LogP contribution in [-0.2, 0) is 28.8 Å². The zero-order valence-corrected chi connectivity index (χ0v) is 21.7. The van der Waals surface area contributed by atoms with Gasteiger partial charge in [0.25, 0.3) is 0 Å². The van der Waals surface area contributed by atoms with Crippen LogP contribution in [0.25, 0.3) is 0 Å². The molecule has 0 aromatic rings. The van der Waals surface area contributed by atoms with Gasteiger partial charge in [-0.05, 0) is 38.2 Å². The van der Waals surface area contributed by atoms with Crippen molar-refractivity contribution in [2.24, 2.45) is 5.92 Å². The average Bonchev–Trinajstić information content (AvgIpc) is 2.75. The monoisotopic (exact) mass is 519 g/mol. The number of hydrogen-bond acceptors (Lipinski definition) is 8. The van der Waals surface area contributed by atoms with E-state index in [1.165, 1.54) is 32.5 Å². The standard InChI is InChI=1S/C21H37N5O8S/c1-10(2)16(20(32)22-9-15(29)25-17(12(4)27)21(33)34)26-19(31)14(7-8-35-6)24-18(30)11(3)23-13(5)28/h10-12,14,16-17,27H,7-9H2,1-6H3,(H,22,32)(H,23,28)(H,24,30)(H,25,29)(H,26,31)(H,33,34)/t11-,12-,14-,16-,17-/m0/s1. The Balaban J connectivity index is 5.21. The minimum atomic E-state index is -1.54. The molecule has 0 aromatic heterocycles. The summed E-state index contributed by atoms with van der Waals surface area (Å²) in [7, 11) is 0. The molecule has 0 radical (unpaired) electrons. The topological polar surface area (TPSA) is 203 Å². The van der Waals surface area contributed by atoms with Crippen LogP contribution in [0.3, 0.4) is 0 Å². The first-order valence-electron chi connectivity index (χ1n) is 11.1. The first-order chi connectivity index (χ1) is 16.2. The molecule has 200 valence electrons. The summed E-state index contributed by atoms with van der Waals surface area (Å²) in [6.07, 6.45) is 0.756. The highest BCUT2D eigenvalue weighted by molar-refractivity contribution is 7.98. The van der Waals surface area contributed by atoms with E-state index in [-0.39, 0.29) is 12.3 Å². The maximum atomic E-state index is 12.9. The number of thioether (sulfide) groups is 1. The van der Waals surface area contributed by atoms with Crippen molar-refractivity contribution in [1.82, 2.24) is 26.6 Å². The fourth-order valence-corrected chi connectivity index (χ4v) is 3.32. The summed E-state index contributed by atoms with van der Waals surface area (Å²) in [5.74, 6) is -4.37. The van der Waals surface area contributed by atoms with Gasteiger partial charge in [0.1, 0.15) is 18.1 Å². The molecule has 0 fully saturated rings. The molecule has 0 aliphatic carbocycles. The lowest BCUT2D eigenvalue weighted by atomic mass is 10.0. The summed E-state index contributed by atoms with van der Waals surface area (Å²) >= 11 is 1.46. The van der Waals surface area contributed by atoms with Crippen LogP contribution >= 0.6 is 11.8 Å². The smallest absolute Gasteiger partial charge is 0.328 e. The van der Waals surface area contributed by atoms with Gasteiger partial charge in [-0.1, -0.05) is 13.8 Å². The predicted octanol–water partition coefficient (Wildman–Crippen LogP) is -2.04. The van der Waals surface area contributed by atoms with Crippen LogP contribution in [0.2, 0.25) is 0 Å². The predicted molar refractivity (Wildman–Crippen MR) is 129 cm³/mol. The van der Waals surface area contributed by atoms with Crippen LogP contribution in [0.5, 0.6) is 0 Å². The Morgan fingerprint density at radius 2 is 1.43 bits per heavy atom. The van der Waals surface area contributed by atoms with E-state index in [1.807, 2.05) is 6.26 Å². The molecule has 0 spiro atoms. The third-order valence-electron chi connectivity index (χ3n) is 4.79. The number of rotatable bonds is 15. The maximum absolute atomic E-state index is 12.9. The van der Waals surface area contributed by atoms with Gasteiger partial charge in [0.05, 0.1) is 12.6 Å². The van der Waals surface area contributed by atoms with E-state index in [9.17, 15) is 33.9 Å². The Morgan fingerprint density at radius 3 is 1.89 bits per heavy atom. The van der Waals surface area contributed by atoms with Crippen LogP contribution in [-0.4, -0.2) is 94.5 Å². The summed E-state index contributed by atoms with van der Waals surface area (Å²) in [4.78, 5) is 72.2. The normalized spacial score (nSPS) is 15.1. The number of carbonyl (C=O) groups is 6. The zero-order chi connectivity index (χ0) is 27.3. The van der Waals surface area contributed by atoms with Gasteiger partial charge in [0.2, 0.25) is 29.5 Å². The number of aliphatic hydroxyl groups is 1. The van der Waals surface area contributed by atoms with Gasteiger partial charge in [0, 0.05) is 6.92 Å². The molecule has 0 aromatic carbocycles. The quantitative estimate of drug-likeness (QED) is 0.127. The second-order valence-corrected chi connectivity index (χ2v) is 9.32. The number of hydrogen-bond donors (Lipinski definition) is 7. The summed E-state index contributed by atoms with van der Waals surface area (Å²) < 4.78 is 0. The second kappa shape index (κ2) is 15.9. The van der Waals surface area contributed by atoms with Crippen molar-refractivity contribution in [1.29, 1.82) is 0 Å². The van der Waals surface area contributed by atoms with Gasteiger partial charge >= 0.3 is 5.97 Å². The molecule has 7 N–H and O–H groups in total. The first-order valence-corrected chi connectivity index (χ1v) is 12.4. The molecule has 0 unspecified atom stereocenters. The highest BCUT2D eigenvalue weighted by Crippen LogP contribution is 2.06. The summed E-state index contributed by atoms with van der Waals surface area (Å²) in [6, 6.07) is -4.42. The molecule has 0 heterocycles. The minimum absolute atomic E-state index is 0.274. The van der Waals surface area contributed by atoms with Crippen molar-refractivity contribution in [2.45, 2.75) is 71.3 Å². The first kappa shape index (κ1) is 32.1. The Labute approximate surface area is 208 Å². The molecule has 13 nitrogen and oxygen atoms in total. The highest BCUT2D eigenvalue weighted by Gasteiger charge is 2.30. The third-order valence-corrected chi connectivity index (χ3v) is 5.44.